The average molecular weight is 811 g/mol. The molecule has 0 spiro atoms. The number of hydrogen-bond donors (Lipinski definition) is 0. The fourth-order valence-electron chi connectivity index (χ4n) is 7.92. The van der Waals surface area contributed by atoms with Crippen molar-refractivity contribution in [2.24, 2.45) is 0 Å². The van der Waals surface area contributed by atoms with Crippen LogP contribution in [0.15, 0.2) is 103 Å². The van der Waals surface area contributed by atoms with Gasteiger partial charge in [-0.25, -0.2) is 0 Å². The average Bonchev–Trinajstić information content (AvgIpc) is 3.63. The van der Waals surface area contributed by atoms with Crippen LogP contribution in [0, 0.1) is 0 Å². The van der Waals surface area contributed by atoms with Crippen LogP contribution < -0.4 is 24.0 Å². The van der Waals surface area contributed by atoms with Gasteiger partial charge in [0.2, 0.25) is 0 Å². The molecule has 0 amide bonds. The number of hydrogen-bond acceptors (Lipinski definition) is 0. The van der Waals surface area contributed by atoms with Gasteiger partial charge in [-0.1, -0.05) is 0 Å². The molecule has 1 aliphatic carbocycles. The quantitative estimate of drug-likeness (QED) is 0.147. The Labute approximate surface area is 310 Å². The van der Waals surface area contributed by atoms with Gasteiger partial charge in [-0.2, -0.15) is 0 Å². The van der Waals surface area contributed by atoms with Crippen molar-refractivity contribution >= 4 is 78.4 Å². The van der Waals surface area contributed by atoms with Gasteiger partial charge in [-0.3, -0.25) is 0 Å². The number of benzene rings is 5. The summed E-state index contributed by atoms with van der Waals surface area (Å²) in [5.74, 6) is 0. The van der Waals surface area contributed by atoms with Crippen LogP contribution in [-0.2, 0) is 23.3 Å². The molecule has 250 valence electrons. The molecule has 0 N–H and O–H groups in total. The molecule has 2 aliphatic rings. The third kappa shape index (κ3) is 6.38. The predicted octanol–water partition coefficient (Wildman–Crippen LogP) is 9.22. The van der Waals surface area contributed by atoms with E-state index >= 15 is 0 Å². The minimum absolute atomic E-state index is 0.0244. The molecule has 49 heavy (non-hydrogen) atoms. The molecule has 0 saturated carbocycles. The summed E-state index contributed by atoms with van der Waals surface area (Å²) in [6, 6.07) is 39.1. The van der Waals surface area contributed by atoms with Crippen LogP contribution in [0.25, 0.3) is 33.9 Å². The van der Waals surface area contributed by atoms with Crippen molar-refractivity contribution in [1.82, 2.24) is 0 Å². The first-order chi connectivity index (χ1) is 23.0. The molecule has 1 unspecified atom stereocenters. The van der Waals surface area contributed by atoms with E-state index in [9.17, 15) is 0 Å². The Kier molecular flexibility index (Phi) is 9.07. The maximum atomic E-state index is 8.13. The van der Waals surface area contributed by atoms with E-state index in [0.29, 0.717) is 0 Å². The number of halogens is 2. The zero-order valence-corrected chi connectivity index (χ0v) is 37.8. The summed E-state index contributed by atoms with van der Waals surface area (Å²) in [6.45, 7) is 21.9. The van der Waals surface area contributed by atoms with Gasteiger partial charge in [-0.05, 0) is 0 Å². The fraction of sp³-hybridized carbons (Fsp3) is 0.256. The van der Waals surface area contributed by atoms with Crippen LogP contribution >= 0.6 is 17.0 Å². The van der Waals surface area contributed by atoms with E-state index in [1.165, 1.54) is 74.1 Å². The first-order valence-electron chi connectivity index (χ1n) is 17.7. The molecule has 0 saturated heterocycles. The van der Waals surface area contributed by atoms with Crippen molar-refractivity contribution in [1.29, 1.82) is 0 Å². The van der Waals surface area contributed by atoms with Crippen molar-refractivity contribution in [3.05, 3.63) is 125 Å². The first kappa shape index (κ1) is 35.4. The van der Waals surface area contributed by atoms with Crippen LogP contribution in [0.5, 0.6) is 0 Å². The van der Waals surface area contributed by atoms with E-state index in [2.05, 4.69) is 169 Å². The zero-order chi connectivity index (χ0) is 35.1. The summed E-state index contributed by atoms with van der Waals surface area (Å²) in [4.78, 5) is 0. The summed E-state index contributed by atoms with van der Waals surface area (Å²) >= 11 is -4.22. The third-order valence-electron chi connectivity index (χ3n) is 10.6. The summed E-state index contributed by atoms with van der Waals surface area (Å²) in [7, 11) is 12.4. The van der Waals surface area contributed by atoms with Gasteiger partial charge in [0.15, 0.2) is 0 Å². The maximum absolute atomic E-state index is 8.13. The summed E-state index contributed by atoms with van der Waals surface area (Å²) < 4.78 is 1.25. The Hall–Kier alpha value is -2.05. The van der Waals surface area contributed by atoms with Crippen LogP contribution in [0.3, 0.4) is 0 Å². The van der Waals surface area contributed by atoms with E-state index in [1.54, 1.807) is 0 Å². The topological polar surface area (TPSA) is 0 Å². The Bertz CT molecular complexity index is 2100. The SMILES string of the molecule is CC(C)(C)c1ccc2c(c1-c1cc([Si](C)(C)C)cc([Si](C)(C)C)c1)C=C(c1ccccc1)[CH]2[Zr]([Cl])([Cl])[c]1cccc2c1[SiH2]c1ccccc1-2. The molecule has 0 fully saturated rings. The second-order valence-electron chi connectivity index (χ2n) is 17.2. The van der Waals surface area contributed by atoms with Crippen LogP contribution in [0.2, 0.25) is 39.3 Å². The number of fused-ring (bicyclic) bond motifs is 4. The van der Waals surface area contributed by atoms with Gasteiger partial charge < -0.3 is 0 Å². The fourth-order valence-corrected chi connectivity index (χ4v) is 26.9. The normalized spacial score (nSPS) is 16.4. The van der Waals surface area contributed by atoms with E-state index in [0.717, 1.165) is 0 Å². The first-order valence-corrected chi connectivity index (χ1v) is 35.0. The standard InChI is InChI=1S/C31H39Si2.C12H9Si.2ClH.Zr/c1-31(2,3)29-16-15-23-17-24(22-13-11-10-12-14-22)20-28(23)30(29)25-18-26(32(4,5)6)21-27(19-25)33(7,8)9;1-3-7-11-9(5-1)10-6-2-4-8-12(10)13-11;;;/h10-21H,1-9H3;1-7H,13H2;2*1H;/q;;;;+2/p-2. The molecule has 0 nitrogen and oxygen atoms in total. The molecular weight excluding hydrogens is 763 g/mol. The summed E-state index contributed by atoms with van der Waals surface area (Å²) in [5, 5.41) is 6.05. The molecule has 5 aromatic carbocycles. The molecule has 1 heterocycles. The second-order valence-corrected chi connectivity index (χ2v) is 43.2. The van der Waals surface area contributed by atoms with Crippen molar-refractivity contribution in [3.8, 4) is 22.3 Å². The molecule has 6 heteroatoms. The Morgan fingerprint density at radius 1 is 0.653 bits per heavy atom. The minimum atomic E-state index is -4.22. The van der Waals surface area contributed by atoms with Crippen LogP contribution in [-0.4, -0.2) is 25.7 Å². The Balaban J connectivity index is 1.52. The Morgan fingerprint density at radius 2 is 1.27 bits per heavy atom. The van der Waals surface area contributed by atoms with Crippen molar-refractivity contribution < 1.29 is 17.9 Å². The van der Waals surface area contributed by atoms with Crippen molar-refractivity contribution in [2.75, 3.05) is 0 Å². The van der Waals surface area contributed by atoms with Crippen molar-refractivity contribution in [2.45, 2.75) is 69.1 Å². The Morgan fingerprint density at radius 3 is 1.90 bits per heavy atom. The second kappa shape index (κ2) is 12.6. The van der Waals surface area contributed by atoms with Gasteiger partial charge >= 0.3 is 313 Å². The van der Waals surface area contributed by atoms with E-state index < -0.39 is 43.5 Å². The molecule has 0 aromatic heterocycles. The summed E-state index contributed by atoms with van der Waals surface area (Å²) in [6.07, 6.45) is 2.49. The molecule has 1 atom stereocenters. The van der Waals surface area contributed by atoms with Gasteiger partial charge in [0, 0.05) is 0 Å². The predicted molar refractivity (Wildman–Crippen MR) is 225 cm³/mol. The molecular formula is C43H48Cl2Si3Zr. The zero-order valence-electron chi connectivity index (χ0n) is 30.4. The van der Waals surface area contributed by atoms with Crippen LogP contribution in [0.4, 0.5) is 0 Å². The van der Waals surface area contributed by atoms with Gasteiger partial charge in [-0.15, -0.1) is 0 Å². The summed E-state index contributed by atoms with van der Waals surface area (Å²) in [5.41, 5.74) is 11.9. The van der Waals surface area contributed by atoms with Gasteiger partial charge in [0.1, 0.15) is 0 Å². The molecule has 1 aliphatic heterocycles. The molecule has 0 bridgehead atoms. The molecule has 0 radical (unpaired) electrons. The monoisotopic (exact) mass is 808 g/mol. The molecule has 5 aromatic rings. The molecule has 7 rings (SSSR count). The van der Waals surface area contributed by atoms with Gasteiger partial charge in [0.05, 0.1) is 0 Å². The van der Waals surface area contributed by atoms with Crippen LogP contribution in [0.1, 0.15) is 46.7 Å². The third-order valence-corrected chi connectivity index (χ3v) is 28.9. The number of allylic oxidation sites excluding steroid dienone is 1. The van der Waals surface area contributed by atoms with E-state index in [1.807, 2.05) is 0 Å². The van der Waals surface area contributed by atoms with E-state index in [-0.39, 0.29) is 9.04 Å². The number of rotatable bonds is 6. The van der Waals surface area contributed by atoms with E-state index in [4.69, 9.17) is 17.0 Å². The van der Waals surface area contributed by atoms with Gasteiger partial charge in [0.25, 0.3) is 0 Å². The van der Waals surface area contributed by atoms with Crippen molar-refractivity contribution in [3.63, 3.8) is 0 Å².